The molecule has 1 fully saturated rings. The van der Waals surface area contributed by atoms with Crippen LogP contribution in [-0.4, -0.2) is 26.0 Å². The van der Waals surface area contributed by atoms with Crippen LogP contribution in [0.25, 0.3) is 11.5 Å². The van der Waals surface area contributed by atoms with Crippen molar-refractivity contribution in [3.8, 4) is 17.2 Å². The fourth-order valence-electron chi connectivity index (χ4n) is 1.81. The first-order valence-corrected chi connectivity index (χ1v) is 6.47. The van der Waals surface area contributed by atoms with Gasteiger partial charge in [0.1, 0.15) is 5.75 Å². The number of hydrogen-bond donors (Lipinski definition) is 1. The molecule has 17 heavy (non-hydrogen) atoms. The van der Waals surface area contributed by atoms with Gasteiger partial charge in [-0.3, -0.25) is 4.98 Å². The van der Waals surface area contributed by atoms with Crippen molar-refractivity contribution in [3.63, 3.8) is 0 Å². The Morgan fingerprint density at radius 1 is 1.41 bits per heavy atom. The first-order chi connectivity index (χ1) is 8.33. The molecule has 1 aliphatic heterocycles. The lowest BCUT2D eigenvalue weighted by Crippen LogP contribution is -1.91. The monoisotopic (exact) mass is 249 g/mol. The third-order valence-electron chi connectivity index (χ3n) is 2.63. The van der Waals surface area contributed by atoms with Crippen molar-refractivity contribution >= 4 is 11.8 Å². The molecule has 1 aliphatic rings. The van der Waals surface area contributed by atoms with Gasteiger partial charge in [0.2, 0.25) is 0 Å². The van der Waals surface area contributed by atoms with E-state index in [0.717, 1.165) is 18.0 Å². The first-order valence-electron chi connectivity index (χ1n) is 5.42. The van der Waals surface area contributed by atoms with Crippen molar-refractivity contribution < 1.29 is 9.63 Å². The molecule has 0 radical (unpaired) electrons. The maximum Gasteiger partial charge on any atom is 0.259 e. The topological polar surface area (TPSA) is 72.0 Å². The summed E-state index contributed by atoms with van der Waals surface area (Å²) in [5.41, 5.74) is 0.645. The normalized spacial score (nSPS) is 19.6. The Kier molecular flexibility index (Phi) is 2.72. The summed E-state index contributed by atoms with van der Waals surface area (Å²) in [7, 11) is 0. The number of thioether (sulfide) groups is 1. The van der Waals surface area contributed by atoms with Crippen LogP contribution in [0.3, 0.4) is 0 Å². The Hall–Kier alpha value is -1.56. The number of hydrogen-bond acceptors (Lipinski definition) is 6. The second-order valence-electron chi connectivity index (χ2n) is 3.89. The minimum Gasteiger partial charge on any atom is -0.506 e. The minimum atomic E-state index is 0.0949. The van der Waals surface area contributed by atoms with Gasteiger partial charge in [0.15, 0.2) is 5.82 Å². The summed E-state index contributed by atoms with van der Waals surface area (Å²) in [5, 5.41) is 13.7. The highest BCUT2D eigenvalue weighted by molar-refractivity contribution is 7.99. The maximum atomic E-state index is 9.34. The van der Waals surface area contributed by atoms with E-state index in [-0.39, 0.29) is 5.75 Å². The largest absolute Gasteiger partial charge is 0.506 e. The Balaban J connectivity index is 1.89. The third kappa shape index (κ3) is 2.12. The molecule has 0 bridgehead atoms. The van der Waals surface area contributed by atoms with Crippen LogP contribution in [0, 0.1) is 0 Å². The van der Waals surface area contributed by atoms with Gasteiger partial charge in [0.25, 0.3) is 5.89 Å². The molecule has 1 unspecified atom stereocenters. The van der Waals surface area contributed by atoms with Gasteiger partial charge in [-0.15, -0.1) is 0 Å². The molecule has 0 saturated carbocycles. The van der Waals surface area contributed by atoms with Crippen molar-refractivity contribution in [3.05, 3.63) is 24.3 Å². The zero-order valence-corrected chi connectivity index (χ0v) is 9.85. The lowest BCUT2D eigenvalue weighted by Gasteiger charge is -1.99. The summed E-state index contributed by atoms with van der Waals surface area (Å²) in [6.45, 7) is 0. The molecule has 1 N–H and O–H groups in total. The summed E-state index contributed by atoms with van der Waals surface area (Å²) in [5.74, 6) is 2.40. The first kappa shape index (κ1) is 10.6. The summed E-state index contributed by atoms with van der Waals surface area (Å²) in [6, 6.07) is 1.56. The molecule has 0 aromatic carbocycles. The number of rotatable bonds is 2. The number of pyridine rings is 1. The molecule has 1 atom stereocenters. The smallest absolute Gasteiger partial charge is 0.259 e. The predicted molar refractivity (Wildman–Crippen MR) is 63.6 cm³/mol. The highest BCUT2D eigenvalue weighted by Gasteiger charge is 2.23. The van der Waals surface area contributed by atoms with Gasteiger partial charge in [0, 0.05) is 6.20 Å². The van der Waals surface area contributed by atoms with E-state index in [4.69, 9.17) is 4.52 Å². The van der Waals surface area contributed by atoms with Gasteiger partial charge in [-0.25, -0.2) is 0 Å². The van der Waals surface area contributed by atoms with Crippen LogP contribution in [0.15, 0.2) is 23.0 Å². The van der Waals surface area contributed by atoms with Crippen LogP contribution in [-0.2, 0) is 0 Å². The van der Waals surface area contributed by atoms with Gasteiger partial charge in [-0.1, -0.05) is 5.16 Å². The Labute approximate surface area is 102 Å². The molecule has 2 aromatic rings. The summed E-state index contributed by atoms with van der Waals surface area (Å²) >= 11 is 1.86. The molecular formula is C11H11N3O2S. The SMILES string of the molecule is Oc1cncc(-c2nc(C3CCCS3)no2)c1. The molecule has 0 spiro atoms. The quantitative estimate of drug-likeness (QED) is 0.881. The maximum absolute atomic E-state index is 9.34. The van der Waals surface area contributed by atoms with Gasteiger partial charge in [-0.05, 0) is 24.7 Å². The van der Waals surface area contributed by atoms with Crippen molar-refractivity contribution in [2.24, 2.45) is 0 Å². The van der Waals surface area contributed by atoms with Crippen molar-refractivity contribution in [1.82, 2.24) is 15.1 Å². The molecule has 3 heterocycles. The van der Waals surface area contributed by atoms with E-state index in [2.05, 4.69) is 15.1 Å². The van der Waals surface area contributed by atoms with E-state index < -0.39 is 0 Å². The van der Waals surface area contributed by atoms with Gasteiger partial charge in [-0.2, -0.15) is 16.7 Å². The highest BCUT2D eigenvalue weighted by Crippen LogP contribution is 2.38. The average molecular weight is 249 g/mol. The van der Waals surface area contributed by atoms with E-state index in [9.17, 15) is 5.11 Å². The van der Waals surface area contributed by atoms with E-state index in [0.29, 0.717) is 16.7 Å². The summed E-state index contributed by atoms with van der Waals surface area (Å²) in [4.78, 5) is 8.24. The summed E-state index contributed by atoms with van der Waals surface area (Å²) in [6.07, 6.45) is 5.27. The molecule has 2 aromatic heterocycles. The Morgan fingerprint density at radius 2 is 2.35 bits per heavy atom. The zero-order valence-electron chi connectivity index (χ0n) is 9.04. The second-order valence-corrected chi connectivity index (χ2v) is 5.20. The van der Waals surface area contributed by atoms with Gasteiger partial charge >= 0.3 is 0 Å². The molecule has 0 aliphatic carbocycles. The van der Waals surface area contributed by atoms with E-state index in [1.165, 1.54) is 12.6 Å². The van der Waals surface area contributed by atoms with E-state index in [1.807, 2.05) is 11.8 Å². The second kappa shape index (κ2) is 4.37. The number of aromatic hydroxyl groups is 1. The van der Waals surface area contributed by atoms with Gasteiger partial charge < -0.3 is 9.63 Å². The zero-order chi connectivity index (χ0) is 11.7. The van der Waals surface area contributed by atoms with E-state index >= 15 is 0 Å². The van der Waals surface area contributed by atoms with Crippen LogP contribution in [0.1, 0.15) is 23.9 Å². The third-order valence-corrected chi connectivity index (χ3v) is 4.00. The van der Waals surface area contributed by atoms with Gasteiger partial charge in [0.05, 0.1) is 17.0 Å². The molecule has 3 rings (SSSR count). The molecule has 0 amide bonds. The van der Waals surface area contributed by atoms with Crippen molar-refractivity contribution in [2.45, 2.75) is 18.1 Å². The minimum absolute atomic E-state index is 0.0949. The lowest BCUT2D eigenvalue weighted by atomic mass is 10.2. The van der Waals surface area contributed by atoms with Crippen LogP contribution in [0.5, 0.6) is 5.75 Å². The van der Waals surface area contributed by atoms with Crippen molar-refractivity contribution in [2.75, 3.05) is 5.75 Å². The fraction of sp³-hybridized carbons (Fsp3) is 0.364. The highest BCUT2D eigenvalue weighted by atomic mass is 32.2. The Morgan fingerprint density at radius 3 is 3.12 bits per heavy atom. The standard InChI is InChI=1S/C11H11N3O2S/c15-8-4-7(5-12-6-8)11-13-10(14-16-11)9-2-1-3-17-9/h4-6,9,15H,1-3H2. The van der Waals surface area contributed by atoms with Crippen molar-refractivity contribution in [1.29, 1.82) is 0 Å². The fourth-order valence-corrected chi connectivity index (χ4v) is 3.00. The summed E-state index contributed by atoms with van der Waals surface area (Å²) < 4.78 is 5.19. The molecule has 1 saturated heterocycles. The van der Waals surface area contributed by atoms with Crippen LogP contribution >= 0.6 is 11.8 Å². The number of aromatic nitrogens is 3. The number of nitrogens with zero attached hydrogens (tertiary/aromatic N) is 3. The lowest BCUT2D eigenvalue weighted by molar-refractivity contribution is 0.420. The van der Waals surface area contributed by atoms with Crippen LogP contribution in [0.2, 0.25) is 0 Å². The molecule has 6 heteroatoms. The van der Waals surface area contributed by atoms with Crippen LogP contribution < -0.4 is 0 Å². The molecular weight excluding hydrogens is 238 g/mol. The average Bonchev–Trinajstić information content (AvgIpc) is 3.00. The molecule has 88 valence electrons. The Bertz CT molecular complexity index is 523. The van der Waals surface area contributed by atoms with Crippen LogP contribution in [0.4, 0.5) is 0 Å². The predicted octanol–water partition coefficient (Wildman–Crippen LogP) is 2.41. The van der Waals surface area contributed by atoms with E-state index in [1.54, 1.807) is 12.3 Å². The molecule has 5 nitrogen and oxygen atoms in total.